The normalized spacial score (nSPS) is 11.4. The van der Waals surface area contributed by atoms with E-state index in [4.69, 9.17) is 5.73 Å². The van der Waals surface area contributed by atoms with Crippen molar-refractivity contribution in [3.05, 3.63) is 0 Å². The first-order valence-electron chi connectivity index (χ1n) is 3.37. The van der Waals surface area contributed by atoms with Gasteiger partial charge >= 0.3 is 11.3 Å². The zero-order chi connectivity index (χ0) is 8.84. The third kappa shape index (κ3) is 0.648. The number of nitrogen functional groups attached to an aromatic ring is 1. The van der Waals surface area contributed by atoms with Crippen molar-refractivity contribution in [2.45, 2.75) is 0 Å². The summed E-state index contributed by atoms with van der Waals surface area (Å²) in [4.78, 5) is 3.91. The van der Waals surface area contributed by atoms with Crippen LogP contribution in [-0.4, -0.2) is 30.8 Å². The molecule has 3 N–H and O–H groups in total. The minimum absolute atomic E-state index is 0.208. The Kier molecular flexibility index (Phi) is 0.902. The van der Waals surface area contributed by atoms with Crippen LogP contribution in [0.5, 0.6) is 0 Å². The number of rotatable bonds is 0. The number of tetrazole rings is 1. The van der Waals surface area contributed by atoms with Gasteiger partial charge in [0.15, 0.2) is 5.21 Å². The number of nitrogens with zero attached hydrogens (tertiary/aromatic N) is 6. The minimum Gasteiger partial charge on any atom is -0.378 e. The Morgan fingerprint density at radius 3 is 3.31 bits per heavy atom. The Bertz CT molecular complexity index is 580. The van der Waals surface area contributed by atoms with E-state index < -0.39 is 0 Å². The molecule has 9 heteroatoms. The third-order valence-corrected chi connectivity index (χ3v) is 1.62. The highest BCUT2D eigenvalue weighted by atomic mass is 16.6. The summed E-state index contributed by atoms with van der Waals surface area (Å²) in [6.45, 7) is 0. The fraction of sp³-hybridized carbons (Fsp3) is 0. The predicted molar refractivity (Wildman–Crippen MR) is 37.1 cm³/mol. The van der Waals surface area contributed by atoms with Gasteiger partial charge < -0.3 is 5.73 Å². The second kappa shape index (κ2) is 1.88. The largest absolute Gasteiger partial charge is 0.378 e. The summed E-state index contributed by atoms with van der Waals surface area (Å²) in [5.74, 6) is 0.208. The van der Waals surface area contributed by atoms with Crippen molar-refractivity contribution in [1.29, 1.82) is 0 Å². The lowest BCUT2D eigenvalue weighted by atomic mass is 10.6. The maximum Gasteiger partial charge on any atom is 0.338 e. The number of aromatic amines is 1. The summed E-state index contributed by atoms with van der Waals surface area (Å²) >= 11 is 0. The molecule has 3 heterocycles. The second-order valence-corrected chi connectivity index (χ2v) is 2.37. The number of aromatic nitrogens is 7. The van der Waals surface area contributed by atoms with E-state index in [1.807, 2.05) is 0 Å². The average molecular weight is 179 g/mol. The van der Waals surface area contributed by atoms with Crippen LogP contribution in [0, 0.1) is 0 Å². The molecule has 0 amide bonds. The molecule has 0 radical (unpaired) electrons. The fourth-order valence-electron chi connectivity index (χ4n) is 1.07. The SMILES string of the molecule is Nc1nc2no[nH]c2[n+]2nnnc12. The molecule has 0 saturated carbocycles. The summed E-state index contributed by atoms with van der Waals surface area (Å²) < 4.78 is 5.96. The van der Waals surface area contributed by atoms with E-state index in [1.165, 1.54) is 4.52 Å². The van der Waals surface area contributed by atoms with Gasteiger partial charge in [-0.1, -0.05) is 4.52 Å². The molecule has 0 atom stereocenters. The first-order chi connectivity index (χ1) is 6.36. The van der Waals surface area contributed by atoms with E-state index in [1.54, 1.807) is 0 Å². The van der Waals surface area contributed by atoms with Crippen molar-refractivity contribution < 1.29 is 9.14 Å². The van der Waals surface area contributed by atoms with Crippen LogP contribution in [0.15, 0.2) is 4.63 Å². The quantitative estimate of drug-likeness (QED) is 0.384. The van der Waals surface area contributed by atoms with Gasteiger partial charge in [-0.25, -0.2) is 4.63 Å². The van der Waals surface area contributed by atoms with Gasteiger partial charge in [0, 0.05) is 0 Å². The Balaban J connectivity index is 2.70. The molecule has 0 fully saturated rings. The zero-order valence-corrected chi connectivity index (χ0v) is 6.17. The molecule has 0 saturated heterocycles. The number of fused-ring (bicyclic) bond motifs is 3. The van der Waals surface area contributed by atoms with Crippen LogP contribution in [0.3, 0.4) is 0 Å². The topological polar surface area (TPSA) is 123 Å². The summed E-state index contributed by atoms with van der Waals surface area (Å²) in [6, 6.07) is 0. The van der Waals surface area contributed by atoms with E-state index >= 15 is 0 Å². The minimum atomic E-state index is 0.208. The number of hydrogen-bond acceptors (Lipinski definition) is 7. The summed E-state index contributed by atoms with van der Waals surface area (Å²) in [5.41, 5.74) is 6.72. The van der Waals surface area contributed by atoms with Crippen molar-refractivity contribution in [3.8, 4) is 0 Å². The van der Waals surface area contributed by atoms with Gasteiger partial charge in [0.1, 0.15) is 0 Å². The van der Waals surface area contributed by atoms with E-state index in [2.05, 4.69) is 35.5 Å². The zero-order valence-electron chi connectivity index (χ0n) is 6.17. The highest BCUT2D eigenvalue weighted by molar-refractivity contribution is 5.66. The molecule has 0 unspecified atom stereocenters. The Morgan fingerprint density at radius 2 is 2.38 bits per heavy atom. The van der Waals surface area contributed by atoms with Crippen LogP contribution in [0.2, 0.25) is 0 Å². The van der Waals surface area contributed by atoms with Gasteiger partial charge in [0.05, 0.1) is 10.3 Å². The van der Waals surface area contributed by atoms with Gasteiger partial charge in [0.2, 0.25) is 5.82 Å². The number of nitrogens with two attached hydrogens (primary N) is 1. The molecular weight excluding hydrogens is 176 g/mol. The number of anilines is 1. The molecule has 0 spiro atoms. The molecule has 3 aromatic rings. The van der Waals surface area contributed by atoms with Gasteiger partial charge in [-0.05, 0) is 5.16 Å². The Morgan fingerprint density at radius 1 is 1.46 bits per heavy atom. The lowest BCUT2D eigenvalue weighted by Gasteiger charge is -1.86. The van der Waals surface area contributed by atoms with Crippen LogP contribution in [0.1, 0.15) is 0 Å². The Hall–Kier alpha value is -2.32. The molecule has 64 valence electrons. The van der Waals surface area contributed by atoms with Crippen molar-refractivity contribution in [3.63, 3.8) is 0 Å². The lowest BCUT2D eigenvalue weighted by Crippen LogP contribution is -2.26. The molecule has 0 aliphatic rings. The van der Waals surface area contributed by atoms with Gasteiger partial charge in [-0.3, -0.25) is 0 Å². The molecule has 13 heavy (non-hydrogen) atoms. The van der Waals surface area contributed by atoms with Gasteiger partial charge in [0.25, 0.3) is 5.65 Å². The van der Waals surface area contributed by atoms with Gasteiger partial charge in [-0.2, -0.15) is 4.98 Å². The molecule has 0 aliphatic carbocycles. The fourth-order valence-corrected chi connectivity index (χ4v) is 1.07. The first kappa shape index (κ1) is 6.22. The highest BCUT2D eigenvalue weighted by Crippen LogP contribution is 2.06. The summed E-state index contributed by atoms with van der Waals surface area (Å²) in [6.07, 6.45) is 0. The van der Waals surface area contributed by atoms with Crippen LogP contribution >= 0.6 is 0 Å². The molecule has 9 nitrogen and oxygen atoms in total. The van der Waals surface area contributed by atoms with Crippen LogP contribution in [0.4, 0.5) is 5.82 Å². The number of H-pyrrole nitrogens is 1. The van der Waals surface area contributed by atoms with E-state index in [0.717, 1.165) is 0 Å². The molecule has 0 aromatic carbocycles. The number of hydrogen-bond donors (Lipinski definition) is 2. The van der Waals surface area contributed by atoms with Crippen molar-refractivity contribution >= 4 is 22.8 Å². The maximum absolute atomic E-state index is 5.56. The van der Waals surface area contributed by atoms with Crippen LogP contribution in [-0.2, 0) is 0 Å². The monoisotopic (exact) mass is 179 g/mol. The molecular formula is C4H3N8O+. The molecule has 3 rings (SSSR count). The Labute approximate surface area is 69.5 Å². The average Bonchev–Trinajstić information content (AvgIpc) is 2.66. The van der Waals surface area contributed by atoms with Crippen molar-refractivity contribution in [2.75, 3.05) is 5.73 Å². The first-order valence-corrected chi connectivity index (χ1v) is 3.37. The number of nitrogens with one attached hydrogen (secondary N) is 1. The molecule has 0 bridgehead atoms. The third-order valence-electron chi connectivity index (χ3n) is 1.62. The standard InChI is InChI=1S/C4H2N8O/c5-1-3-7-10-11-12(3)4-2(6-1)8-13-9-4/h(H2,5,6,8)/p+1. The van der Waals surface area contributed by atoms with Crippen molar-refractivity contribution in [1.82, 2.24) is 30.8 Å². The molecule has 3 aromatic heterocycles. The van der Waals surface area contributed by atoms with E-state index in [-0.39, 0.29) is 5.82 Å². The van der Waals surface area contributed by atoms with E-state index in [0.29, 0.717) is 16.9 Å². The van der Waals surface area contributed by atoms with E-state index in [9.17, 15) is 0 Å². The summed E-state index contributed by atoms with van der Waals surface area (Å²) in [7, 11) is 0. The second-order valence-electron chi connectivity index (χ2n) is 2.37. The molecule has 0 aliphatic heterocycles. The van der Waals surface area contributed by atoms with Gasteiger partial charge in [-0.15, -0.1) is 5.16 Å². The summed E-state index contributed by atoms with van der Waals surface area (Å²) in [5, 5.41) is 16.9. The van der Waals surface area contributed by atoms with Crippen LogP contribution < -0.4 is 10.2 Å². The lowest BCUT2D eigenvalue weighted by molar-refractivity contribution is -0.556. The maximum atomic E-state index is 5.56. The van der Waals surface area contributed by atoms with Crippen LogP contribution in [0.25, 0.3) is 16.9 Å². The predicted octanol–water partition coefficient (Wildman–Crippen LogP) is -1.94. The highest BCUT2D eigenvalue weighted by Gasteiger charge is 2.18. The van der Waals surface area contributed by atoms with Crippen molar-refractivity contribution in [2.24, 2.45) is 0 Å². The smallest absolute Gasteiger partial charge is 0.338 e.